The molecular weight excluding hydrogens is 308 g/mol. The molecule has 1 heterocycles. The van der Waals surface area contributed by atoms with Crippen LogP contribution in [0.25, 0.3) is 0 Å². The molecule has 74 valence electrons. The lowest BCUT2D eigenvalue weighted by molar-refractivity contribution is 0.951. The Balaban J connectivity index is 2.19. The van der Waals surface area contributed by atoms with E-state index in [1.807, 2.05) is 18.2 Å². The van der Waals surface area contributed by atoms with Crippen LogP contribution in [0.2, 0.25) is 0 Å². The fourth-order valence-electron chi connectivity index (χ4n) is 1.39. The van der Waals surface area contributed by atoms with Crippen molar-refractivity contribution in [3.63, 3.8) is 0 Å². The molecule has 1 N–H and O–H groups in total. The highest BCUT2D eigenvalue weighted by molar-refractivity contribution is 9.11. The van der Waals surface area contributed by atoms with Gasteiger partial charge in [0.05, 0.1) is 5.69 Å². The molecule has 0 atom stereocenters. The summed E-state index contributed by atoms with van der Waals surface area (Å²) in [7, 11) is 0. The van der Waals surface area contributed by atoms with Crippen LogP contribution in [0.4, 0.5) is 5.69 Å². The molecule has 0 aliphatic carbocycles. The van der Waals surface area contributed by atoms with E-state index >= 15 is 0 Å². The molecule has 0 unspecified atom stereocenters. The summed E-state index contributed by atoms with van der Waals surface area (Å²) >= 11 is 6.94. The Morgan fingerprint density at radius 2 is 2.14 bits per heavy atom. The van der Waals surface area contributed by atoms with Crippen LogP contribution in [-0.2, 0) is 0 Å². The number of nitrogens with zero attached hydrogens (tertiary/aromatic N) is 1. The van der Waals surface area contributed by atoms with E-state index in [1.54, 1.807) is 0 Å². The highest BCUT2D eigenvalue weighted by Gasteiger charge is 2.08. The van der Waals surface area contributed by atoms with Gasteiger partial charge >= 0.3 is 0 Å². The van der Waals surface area contributed by atoms with Crippen molar-refractivity contribution >= 4 is 43.4 Å². The van der Waals surface area contributed by atoms with E-state index in [4.69, 9.17) is 0 Å². The molecule has 0 bridgehead atoms. The minimum atomic E-state index is 0.952. The van der Waals surface area contributed by atoms with Crippen LogP contribution in [0.1, 0.15) is 12.8 Å². The first-order valence-electron chi connectivity index (χ1n) is 4.51. The maximum Gasteiger partial charge on any atom is 0.101 e. The van der Waals surface area contributed by atoms with Crippen molar-refractivity contribution in [1.29, 1.82) is 0 Å². The van der Waals surface area contributed by atoms with E-state index in [-0.39, 0.29) is 0 Å². The van der Waals surface area contributed by atoms with E-state index in [1.165, 1.54) is 0 Å². The van der Waals surface area contributed by atoms with Gasteiger partial charge in [0.2, 0.25) is 0 Å². The minimum absolute atomic E-state index is 0.952. The first kappa shape index (κ1) is 10.2. The standard InChI is InChI=1S/C10H10Br2N2/c11-7-3-4-8(12)9(6-7)14-10-2-1-5-13-10/h3-4,6H,1-2,5H2,(H,13,14). The molecule has 1 aromatic carbocycles. The molecule has 2 rings (SSSR count). The molecule has 0 aromatic heterocycles. The predicted octanol–water partition coefficient (Wildman–Crippen LogP) is 3.82. The second-order valence-electron chi connectivity index (χ2n) is 3.18. The number of anilines is 1. The SMILES string of the molecule is Brc1ccc(Br)c(NC2=NCCC2)c1. The Hall–Kier alpha value is -0.350. The Kier molecular flexibility index (Phi) is 3.23. The molecule has 0 fully saturated rings. The van der Waals surface area contributed by atoms with Crippen LogP contribution < -0.4 is 5.32 Å². The van der Waals surface area contributed by atoms with Gasteiger partial charge in [0, 0.05) is 21.9 Å². The lowest BCUT2D eigenvalue weighted by atomic mass is 10.3. The zero-order valence-corrected chi connectivity index (χ0v) is 10.7. The second-order valence-corrected chi connectivity index (χ2v) is 4.95. The van der Waals surface area contributed by atoms with Gasteiger partial charge in [0.1, 0.15) is 5.84 Å². The summed E-state index contributed by atoms with van der Waals surface area (Å²) in [5.74, 6) is 1.09. The third kappa shape index (κ3) is 2.36. The summed E-state index contributed by atoms with van der Waals surface area (Å²) in [6.07, 6.45) is 2.22. The molecule has 14 heavy (non-hydrogen) atoms. The number of rotatable bonds is 1. The van der Waals surface area contributed by atoms with E-state index in [0.29, 0.717) is 0 Å². The number of nitrogens with one attached hydrogen (secondary N) is 1. The Morgan fingerprint density at radius 1 is 1.29 bits per heavy atom. The highest BCUT2D eigenvalue weighted by atomic mass is 79.9. The van der Waals surface area contributed by atoms with Crippen molar-refractivity contribution in [1.82, 2.24) is 0 Å². The zero-order chi connectivity index (χ0) is 9.97. The topological polar surface area (TPSA) is 24.4 Å². The summed E-state index contributed by atoms with van der Waals surface area (Å²) in [4.78, 5) is 4.37. The first-order chi connectivity index (χ1) is 6.75. The average Bonchev–Trinajstić information content (AvgIpc) is 2.64. The molecule has 1 aromatic rings. The minimum Gasteiger partial charge on any atom is -0.343 e. The summed E-state index contributed by atoms with van der Waals surface area (Å²) in [5, 5.41) is 3.32. The number of amidine groups is 1. The monoisotopic (exact) mass is 316 g/mol. The fourth-order valence-corrected chi connectivity index (χ4v) is 2.10. The smallest absolute Gasteiger partial charge is 0.101 e. The predicted molar refractivity (Wildman–Crippen MR) is 67.0 cm³/mol. The van der Waals surface area contributed by atoms with Gasteiger partial charge in [-0.15, -0.1) is 0 Å². The molecule has 0 saturated heterocycles. The molecule has 0 spiro atoms. The van der Waals surface area contributed by atoms with Crippen LogP contribution >= 0.6 is 31.9 Å². The summed E-state index contributed by atoms with van der Waals surface area (Å²) < 4.78 is 2.14. The normalized spacial score (nSPS) is 15.4. The average molecular weight is 318 g/mol. The molecular formula is C10H10Br2N2. The summed E-state index contributed by atoms with van der Waals surface area (Å²) in [6, 6.07) is 6.07. The van der Waals surface area contributed by atoms with E-state index in [9.17, 15) is 0 Å². The zero-order valence-electron chi connectivity index (χ0n) is 7.56. The van der Waals surface area contributed by atoms with Gasteiger partial charge in [-0.3, -0.25) is 4.99 Å². The van der Waals surface area contributed by atoms with Gasteiger partial charge in [0.15, 0.2) is 0 Å². The van der Waals surface area contributed by atoms with Crippen molar-refractivity contribution in [3.8, 4) is 0 Å². The van der Waals surface area contributed by atoms with Gasteiger partial charge in [-0.05, 0) is 40.5 Å². The lowest BCUT2D eigenvalue weighted by Gasteiger charge is -2.08. The third-order valence-electron chi connectivity index (χ3n) is 2.08. The van der Waals surface area contributed by atoms with E-state index in [0.717, 1.165) is 39.9 Å². The molecule has 1 aliphatic heterocycles. The van der Waals surface area contributed by atoms with Crippen LogP contribution in [0.5, 0.6) is 0 Å². The molecule has 0 amide bonds. The quantitative estimate of drug-likeness (QED) is 0.836. The summed E-state index contributed by atoms with van der Waals surface area (Å²) in [6.45, 7) is 0.952. The first-order valence-corrected chi connectivity index (χ1v) is 6.10. The lowest BCUT2D eigenvalue weighted by Crippen LogP contribution is -2.08. The molecule has 0 radical (unpaired) electrons. The van der Waals surface area contributed by atoms with Crippen molar-refractivity contribution < 1.29 is 0 Å². The van der Waals surface area contributed by atoms with E-state index in [2.05, 4.69) is 42.2 Å². The number of benzene rings is 1. The van der Waals surface area contributed by atoms with Crippen molar-refractivity contribution in [2.75, 3.05) is 11.9 Å². The maximum absolute atomic E-state index is 4.37. The fraction of sp³-hybridized carbons (Fsp3) is 0.300. The molecule has 4 heteroatoms. The van der Waals surface area contributed by atoms with Crippen LogP contribution in [0.3, 0.4) is 0 Å². The van der Waals surface area contributed by atoms with Crippen LogP contribution in [-0.4, -0.2) is 12.4 Å². The molecule has 0 saturated carbocycles. The third-order valence-corrected chi connectivity index (χ3v) is 3.27. The van der Waals surface area contributed by atoms with Crippen LogP contribution in [0.15, 0.2) is 32.1 Å². The van der Waals surface area contributed by atoms with Crippen LogP contribution in [0, 0.1) is 0 Å². The maximum atomic E-state index is 4.37. The number of aliphatic imine (C=N–C) groups is 1. The van der Waals surface area contributed by atoms with Gasteiger partial charge in [-0.25, -0.2) is 0 Å². The Labute approximate surface area is 100 Å². The van der Waals surface area contributed by atoms with Crippen molar-refractivity contribution in [2.24, 2.45) is 4.99 Å². The van der Waals surface area contributed by atoms with Crippen molar-refractivity contribution in [3.05, 3.63) is 27.1 Å². The van der Waals surface area contributed by atoms with Gasteiger partial charge in [-0.1, -0.05) is 15.9 Å². The highest BCUT2D eigenvalue weighted by Crippen LogP contribution is 2.26. The molecule has 2 nitrogen and oxygen atoms in total. The van der Waals surface area contributed by atoms with E-state index < -0.39 is 0 Å². The Morgan fingerprint density at radius 3 is 2.86 bits per heavy atom. The van der Waals surface area contributed by atoms with Crippen molar-refractivity contribution in [2.45, 2.75) is 12.8 Å². The Bertz CT molecular complexity index is 374. The van der Waals surface area contributed by atoms with Gasteiger partial charge in [-0.2, -0.15) is 0 Å². The second kappa shape index (κ2) is 4.45. The summed E-state index contributed by atoms with van der Waals surface area (Å²) in [5.41, 5.74) is 1.07. The van der Waals surface area contributed by atoms with Gasteiger partial charge < -0.3 is 5.32 Å². The van der Waals surface area contributed by atoms with Gasteiger partial charge in [0.25, 0.3) is 0 Å². The number of hydrogen-bond donors (Lipinski definition) is 1. The number of halogens is 2. The molecule has 1 aliphatic rings. The largest absolute Gasteiger partial charge is 0.343 e. The number of hydrogen-bond acceptors (Lipinski definition) is 2.